The number of hydrogen-bond acceptors (Lipinski definition) is 4. The van der Waals surface area contributed by atoms with Crippen LogP contribution in [-0.2, 0) is 6.18 Å². The number of nitro benzene ring substituents is 1. The van der Waals surface area contributed by atoms with Crippen molar-refractivity contribution in [2.24, 2.45) is 0 Å². The van der Waals surface area contributed by atoms with Crippen LogP contribution in [0.3, 0.4) is 0 Å². The van der Waals surface area contributed by atoms with Gasteiger partial charge in [0.2, 0.25) is 0 Å². The third-order valence-corrected chi connectivity index (χ3v) is 3.12. The summed E-state index contributed by atoms with van der Waals surface area (Å²) in [6.45, 7) is 0. The molecule has 2 rings (SSSR count). The summed E-state index contributed by atoms with van der Waals surface area (Å²) in [6.07, 6.45) is -4.51. The minimum atomic E-state index is -4.51. The average Bonchev–Trinajstić information content (AvgIpc) is 2.54. The number of benzene rings is 2. The molecule has 126 valence electrons. The van der Waals surface area contributed by atoms with Crippen LogP contribution in [0.25, 0.3) is 0 Å². The molecule has 0 saturated carbocycles. The first-order chi connectivity index (χ1) is 11.2. The molecule has 1 amide bonds. The lowest BCUT2D eigenvalue weighted by Gasteiger charge is -2.09. The highest BCUT2D eigenvalue weighted by atomic mass is 19.4. The van der Waals surface area contributed by atoms with Gasteiger partial charge in [-0.1, -0.05) is 0 Å². The Morgan fingerprint density at radius 2 is 1.79 bits per heavy atom. The van der Waals surface area contributed by atoms with Crippen LogP contribution in [0.1, 0.15) is 15.9 Å². The Balaban J connectivity index is 2.25. The van der Waals surface area contributed by atoms with Gasteiger partial charge in [0, 0.05) is 5.56 Å². The molecule has 0 heterocycles. The van der Waals surface area contributed by atoms with E-state index in [1.807, 2.05) is 0 Å². The molecule has 0 aliphatic carbocycles. The van der Waals surface area contributed by atoms with Crippen molar-refractivity contribution in [1.29, 1.82) is 0 Å². The van der Waals surface area contributed by atoms with Gasteiger partial charge >= 0.3 is 6.18 Å². The number of carbonyl (C=O) groups excluding carboxylic acids is 1. The first kappa shape index (κ1) is 17.3. The molecule has 1 N–H and O–H groups in total. The number of rotatable bonds is 4. The molecular formula is C15H11F3N2O4. The van der Waals surface area contributed by atoms with Gasteiger partial charge in [-0.05, 0) is 36.4 Å². The summed E-state index contributed by atoms with van der Waals surface area (Å²) in [5.74, 6) is -0.536. The molecule has 0 aromatic heterocycles. The summed E-state index contributed by atoms with van der Waals surface area (Å²) in [5.41, 5.74) is -1.44. The summed E-state index contributed by atoms with van der Waals surface area (Å²) < 4.78 is 42.4. The normalized spacial score (nSPS) is 11.0. The smallest absolute Gasteiger partial charge is 0.416 e. The van der Waals surface area contributed by atoms with Crippen LogP contribution in [0.15, 0.2) is 42.5 Å². The van der Waals surface area contributed by atoms with Crippen LogP contribution in [0.5, 0.6) is 5.75 Å². The fraction of sp³-hybridized carbons (Fsp3) is 0.133. The van der Waals surface area contributed by atoms with Gasteiger partial charge in [-0.25, -0.2) is 0 Å². The quantitative estimate of drug-likeness (QED) is 0.676. The number of nitrogens with one attached hydrogen (secondary N) is 1. The van der Waals surface area contributed by atoms with Crippen molar-refractivity contribution < 1.29 is 27.6 Å². The van der Waals surface area contributed by atoms with E-state index in [0.717, 1.165) is 30.3 Å². The molecule has 0 saturated heterocycles. The molecule has 0 spiro atoms. The van der Waals surface area contributed by atoms with E-state index in [1.165, 1.54) is 19.2 Å². The summed E-state index contributed by atoms with van der Waals surface area (Å²) in [7, 11) is 1.33. The molecule has 0 fully saturated rings. The second kappa shape index (κ2) is 6.57. The number of anilines is 1. The summed E-state index contributed by atoms with van der Waals surface area (Å²) >= 11 is 0. The number of halogens is 3. The first-order valence-electron chi connectivity index (χ1n) is 6.53. The summed E-state index contributed by atoms with van der Waals surface area (Å²) in [4.78, 5) is 22.4. The van der Waals surface area contributed by atoms with Gasteiger partial charge in [-0.15, -0.1) is 0 Å². The van der Waals surface area contributed by atoms with Gasteiger partial charge in [-0.3, -0.25) is 14.9 Å². The number of methoxy groups -OCH3 is 1. The highest BCUT2D eigenvalue weighted by Crippen LogP contribution is 2.31. The maximum absolute atomic E-state index is 12.5. The van der Waals surface area contributed by atoms with Crippen molar-refractivity contribution in [2.75, 3.05) is 12.4 Å². The lowest BCUT2D eigenvalue weighted by atomic mass is 10.1. The summed E-state index contributed by atoms with van der Waals surface area (Å²) in [6, 6.07) is 7.33. The van der Waals surface area contributed by atoms with Crippen molar-refractivity contribution in [3.8, 4) is 5.75 Å². The molecule has 0 aliphatic rings. The van der Waals surface area contributed by atoms with Crippen molar-refractivity contribution in [3.05, 3.63) is 63.7 Å². The van der Waals surface area contributed by atoms with Crippen LogP contribution in [0.4, 0.5) is 24.5 Å². The molecule has 0 unspecified atom stereocenters. The fourth-order valence-electron chi connectivity index (χ4n) is 1.90. The molecule has 9 heteroatoms. The van der Waals surface area contributed by atoms with E-state index in [-0.39, 0.29) is 17.0 Å². The van der Waals surface area contributed by atoms with Gasteiger partial charge in [0.1, 0.15) is 11.4 Å². The Bertz CT molecular complexity index is 773. The number of ether oxygens (including phenoxy) is 1. The number of alkyl halides is 3. The van der Waals surface area contributed by atoms with Crippen LogP contribution in [0.2, 0.25) is 0 Å². The zero-order valence-electron chi connectivity index (χ0n) is 12.3. The van der Waals surface area contributed by atoms with Crippen molar-refractivity contribution in [2.45, 2.75) is 6.18 Å². The fourth-order valence-corrected chi connectivity index (χ4v) is 1.90. The number of amides is 1. The minimum absolute atomic E-state index is 0.0619. The highest BCUT2D eigenvalue weighted by molar-refractivity contribution is 6.05. The molecule has 0 aliphatic heterocycles. The van der Waals surface area contributed by atoms with Crippen LogP contribution < -0.4 is 10.1 Å². The molecular weight excluding hydrogens is 329 g/mol. The zero-order chi connectivity index (χ0) is 17.9. The molecule has 2 aromatic rings. The third kappa shape index (κ3) is 3.80. The second-order valence-electron chi connectivity index (χ2n) is 4.67. The third-order valence-electron chi connectivity index (χ3n) is 3.12. The number of carbonyl (C=O) groups is 1. The molecule has 2 aromatic carbocycles. The highest BCUT2D eigenvalue weighted by Gasteiger charge is 2.30. The Kier molecular flexibility index (Phi) is 4.72. The molecule has 6 nitrogen and oxygen atoms in total. The largest absolute Gasteiger partial charge is 0.496 e. The van der Waals surface area contributed by atoms with E-state index in [9.17, 15) is 28.1 Å². The lowest BCUT2D eigenvalue weighted by molar-refractivity contribution is -0.384. The van der Waals surface area contributed by atoms with Crippen LogP contribution >= 0.6 is 0 Å². The van der Waals surface area contributed by atoms with Gasteiger partial charge in [0.15, 0.2) is 0 Å². The Morgan fingerprint density at radius 1 is 1.17 bits per heavy atom. The Labute approximate surface area is 134 Å². The van der Waals surface area contributed by atoms with Gasteiger partial charge in [0.05, 0.1) is 23.7 Å². The number of nitrogens with zero attached hydrogens (tertiary/aromatic N) is 1. The predicted octanol–water partition coefficient (Wildman–Crippen LogP) is 3.87. The van der Waals surface area contributed by atoms with Crippen LogP contribution in [0, 0.1) is 10.1 Å². The predicted molar refractivity (Wildman–Crippen MR) is 79.0 cm³/mol. The standard InChI is InChI=1S/C15H11F3N2O4/c1-24-11-6-7-12(13(8-11)20(22)23)19-14(21)9-2-4-10(5-3-9)15(16,17)18/h2-8H,1H3,(H,19,21). The van der Waals surface area contributed by atoms with E-state index in [1.54, 1.807) is 0 Å². The van der Waals surface area contributed by atoms with Crippen molar-refractivity contribution in [3.63, 3.8) is 0 Å². The number of hydrogen-bond donors (Lipinski definition) is 1. The van der Waals surface area contributed by atoms with E-state index in [0.29, 0.717) is 0 Å². The maximum atomic E-state index is 12.5. The van der Waals surface area contributed by atoms with E-state index >= 15 is 0 Å². The molecule has 0 radical (unpaired) electrons. The molecule has 0 atom stereocenters. The van der Waals surface area contributed by atoms with Crippen molar-refractivity contribution in [1.82, 2.24) is 0 Å². The average molecular weight is 340 g/mol. The Hall–Kier alpha value is -3.10. The monoisotopic (exact) mass is 340 g/mol. The topological polar surface area (TPSA) is 81.5 Å². The lowest BCUT2D eigenvalue weighted by Crippen LogP contribution is -2.14. The SMILES string of the molecule is COc1ccc(NC(=O)c2ccc(C(F)(F)F)cc2)c([N+](=O)[O-])c1. The first-order valence-corrected chi connectivity index (χ1v) is 6.53. The van der Waals surface area contributed by atoms with E-state index in [2.05, 4.69) is 5.32 Å². The van der Waals surface area contributed by atoms with E-state index in [4.69, 9.17) is 4.74 Å². The minimum Gasteiger partial charge on any atom is -0.496 e. The van der Waals surface area contributed by atoms with Gasteiger partial charge < -0.3 is 10.1 Å². The van der Waals surface area contributed by atoms with Gasteiger partial charge in [-0.2, -0.15) is 13.2 Å². The maximum Gasteiger partial charge on any atom is 0.416 e. The van der Waals surface area contributed by atoms with Gasteiger partial charge in [0.25, 0.3) is 11.6 Å². The second-order valence-corrected chi connectivity index (χ2v) is 4.67. The number of nitro groups is 1. The zero-order valence-corrected chi connectivity index (χ0v) is 12.3. The molecule has 24 heavy (non-hydrogen) atoms. The van der Waals surface area contributed by atoms with E-state index < -0.39 is 28.3 Å². The van der Waals surface area contributed by atoms with Crippen LogP contribution in [-0.4, -0.2) is 17.9 Å². The summed E-state index contributed by atoms with van der Waals surface area (Å²) in [5, 5.41) is 13.3. The van der Waals surface area contributed by atoms with Crippen molar-refractivity contribution >= 4 is 17.3 Å². The molecule has 0 bridgehead atoms. The Morgan fingerprint density at radius 3 is 2.29 bits per heavy atom.